The number of aryl methyl sites for hydroxylation is 1. The number of para-hydroxylation sites is 1. The molecule has 2 aromatic rings. The average Bonchev–Trinajstić information content (AvgIpc) is 2.53. The third-order valence-corrected chi connectivity index (χ3v) is 4.88. The molecule has 0 bridgehead atoms. The number of hydrogen-bond acceptors (Lipinski definition) is 1. The van der Waals surface area contributed by atoms with E-state index in [1.165, 1.54) is 36.8 Å². The van der Waals surface area contributed by atoms with Gasteiger partial charge in [0.05, 0.1) is 10.7 Å². The third kappa shape index (κ3) is 3.41. The van der Waals surface area contributed by atoms with Crippen molar-refractivity contribution >= 4 is 17.3 Å². The van der Waals surface area contributed by atoms with Crippen molar-refractivity contribution in [1.29, 1.82) is 0 Å². The second-order valence-electron chi connectivity index (χ2n) is 6.04. The zero-order chi connectivity index (χ0) is 14.7. The van der Waals surface area contributed by atoms with Crippen molar-refractivity contribution < 1.29 is 0 Å². The third-order valence-electron chi connectivity index (χ3n) is 4.57. The zero-order valence-corrected chi connectivity index (χ0v) is 13.2. The minimum atomic E-state index is 0.545. The van der Waals surface area contributed by atoms with Gasteiger partial charge in [-0.3, -0.25) is 0 Å². The summed E-state index contributed by atoms with van der Waals surface area (Å²) in [5.74, 6) is 0.719. The van der Waals surface area contributed by atoms with Gasteiger partial charge >= 0.3 is 0 Å². The lowest BCUT2D eigenvalue weighted by Gasteiger charge is -2.30. The predicted molar refractivity (Wildman–Crippen MR) is 91.3 cm³/mol. The maximum absolute atomic E-state index is 6.31. The molecule has 0 saturated heterocycles. The molecular weight excluding hydrogens is 278 g/mol. The highest BCUT2D eigenvalue weighted by Gasteiger charge is 2.22. The lowest BCUT2D eigenvalue weighted by Crippen LogP contribution is -2.25. The van der Waals surface area contributed by atoms with E-state index in [0.717, 1.165) is 16.6 Å². The molecule has 1 aliphatic rings. The minimum absolute atomic E-state index is 0.545. The summed E-state index contributed by atoms with van der Waals surface area (Å²) in [7, 11) is 0. The molecular formula is C19H22ClN. The van der Waals surface area contributed by atoms with Crippen LogP contribution in [0.4, 0.5) is 5.69 Å². The van der Waals surface area contributed by atoms with Crippen molar-refractivity contribution in [2.75, 3.05) is 5.32 Å². The van der Waals surface area contributed by atoms with Crippen LogP contribution in [0, 0.1) is 6.92 Å². The van der Waals surface area contributed by atoms with E-state index >= 15 is 0 Å². The van der Waals surface area contributed by atoms with E-state index in [9.17, 15) is 0 Å². The Labute approximate surface area is 132 Å². The lowest BCUT2D eigenvalue weighted by atomic mass is 9.81. The number of halogens is 1. The van der Waals surface area contributed by atoms with Crippen LogP contribution in [0.15, 0.2) is 48.5 Å². The molecule has 0 amide bonds. The van der Waals surface area contributed by atoms with Crippen LogP contribution < -0.4 is 5.32 Å². The SMILES string of the molecule is Cc1cccc(Cl)c1NC1CCC(c2ccccc2)CC1. The van der Waals surface area contributed by atoms with Gasteiger partial charge in [-0.25, -0.2) is 0 Å². The van der Waals surface area contributed by atoms with Crippen molar-refractivity contribution in [1.82, 2.24) is 0 Å². The number of benzene rings is 2. The summed E-state index contributed by atoms with van der Waals surface area (Å²) in [4.78, 5) is 0. The minimum Gasteiger partial charge on any atom is -0.381 e. The molecule has 3 rings (SSSR count). The topological polar surface area (TPSA) is 12.0 Å². The van der Waals surface area contributed by atoms with Crippen LogP contribution in [-0.2, 0) is 0 Å². The summed E-state index contributed by atoms with van der Waals surface area (Å²) in [6, 6.07) is 17.5. The van der Waals surface area contributed by atoms with E-state index in [1.54, 1.807) is 0 Å². The Morgan fingerprint density at radius 2 is 1.62 bits per heavy atom. The Morgan fingerprint density at radius 1 is 0.905 bits per heavy atom. The molecule has 0 radical (unpaired) electrons. The smallest absolute Gasteiger partial charge is 0.0640 e. The standard InChI is InChI=1S/C19H22ClN/c1-14-6-5-9-18(20)19(14)21-17-12-10-16(11-13-17)15-7-3-2-4-8-15/h2-9,16-17,21H,10-13H2,1H3. The number of anilines is 1. The fourth-order valence-corrected chi connectivity index (χ4v) is 3.59. The van der Waals surface area contributed by atoms with Crippen LogP contribution in [-0.4, -0.2) is 6.04 Å². The van der Waals surface area contributed by atoms with E-state index in [2.05, 4.69) is 48.6 Å². The number of hydrogen-bond donors (Lipinski definition) is 1. The highest BCUT2D eigenvalue weighted by Crippen LogP contribution is 2.35. The van der Waals surface area contributed by atoms with E-state index in [0.29, 0.717) is 6.04 Å². The molecule has 2 aromatic carbocycles. The molecule has 1 N–H and O–H groups in total. The van der Waals surface area contributed by atoms with Gasteiger partial charge in [-0.1, -0.05) is 54.1 Å². The molecule has 1 saturated carbocycles. The second kappa shape index (κ2) is 6.53. The van der Waals surface area contributed by atoms with Gasteiger partial charge in [0.25, 0.3) is 0 Å². The first-order valence-electron chi connectivity index (χ1n) is 7.80. The number of rotatable bonds is 3. The summed E-state index contributed by atoms with van der Waals surface area (Å²) in [5, 5.41) is 4.49. The molecule has 0 heterocycles. The molecule has 2 heteroatoms. The van der Waals surface area contributed by atoms with Crippen LogP contribution in [0.25, 0.3) is 0 Å². The van der Waals surface area contributed by atoms with Crippen LogP contribution in [0.1, 0.15) is 42.7 Å². The summed E-state index contributed by atoms with van der Waals surface area (Å²) >= 11 is 6.31. The number of nitrogens with one attached hydrogen (secondary N) is 1. The molecule has 0 aromatic heterocycles. The summed E-state index contributed by atoms with van der Waals surface area (Å²) in [5.41, 5.74) is 3.83. The molecule has 1 fully saturated rings. The first kappa shape index (κ1) is 14.5. The van der Waals surface area contributed by atoms with Crippen LogP contribution in [0.5, 0.6) is 0 Å². The van der Waals surface area contributed by atoms with Crippen molar-refractivity contribution in [2.24, 2.45) is 0 Å². The first-order chi connectivity index (χ1) is 10.2. The summed E-state index contributed by atoms with van der Waals surface area (Å²) < 4.78 is 0. The lowest BCUT2D eigenvalue weighted by molar-refractivity contribution is 0.412. The fraction of sp³-hybridized carbons (Fsp3) is 0.368. The predicted octanol–water partition coefficient (Wildman–Crippen LogP) is 5.79. The molecule has 1 nitrogen and oxygen atoms in total. The molecule has 0 atom stereocenters. The van der Waals surface area contributed by atoms with Crippen molar-refractivity contribution in [3.63, 3.8) is 0 Å². The van der Waals surface area contributed by atoms with Gasteiger partial charge in [0, 0.05) is 6.04 Å². The Morgan fingerprint density at radius 3 is 2.29 bits per heavy atom. The molecule has 0 aliphatic heterocycles. The Hall–Kier alpha value is -1.47. The van der Waals surface area contributed by atoms with Crippen molar-refractivity contribution in [3.8, 4) is 0 Å². The van der Waals surface area contributed by atoms with E-state index in [-0.39, 0.29) is 0 Å². The Bertz CT molecular complexity index is 566. The van der Waals surface area contributed by atoms with Gasteiger partial charge in [-0.05, 0) is 55.7 Å². The molecule has 0 unspecified atom stereocenters. The largest absolute Gasteiger partial charge is 0.381 e. The normalized spacial score (nSPS) is 22.0. The molecule has 0 spiro atoms. The second-order valence-corrected chi connectivity index (χ2v) is 6.44. The van der Waals surface area contributed by atoms with Crippen LogP contribution in [0.3, 0.4) is 0 Å². The monoisotopic (exact) mass is 299 g/mol. The van der Waals surface area contributed by atoms with Crippen LogP contribution >= 0.6 is 11.6 Å². The van der Waals surface area contributed by atoms with Gasteiger partial charge in [0.15, 0.2) is 0 Å². The highest BCUT2D eigenvalue weighted by molar-refractivity contribution is 6.33. The van der Waals surface area contributed by atoms with E-state index in [1.807, 2.05) is 12.1 Å². The van der Waals surface area contributed by atoms with E-state index in [4.69, 9.17) is 11.6 Å². The van der Waals surface area contributed by atoms with Gasteiger partial charge in [-0.15, -0.1) is 0 Å². The van der Waals surface area contributed by atoms with Gasteiger partial charge in [-0.2, -0.15) is 0 Å². The maximum Gasteiger partial charge on any atom is 0.0640 e. The van der Waals surface area contributed by atoms with E-state index < -0.39 is 0 Å². The van der Waals surface area contributed by atoms with Gasteiger partial charge in [0.2, 0.25) is 0 Å². The summed E-state index contributed by atoms with van der Waals surface area (Å²) in [6.45, 7) is 2.11. The van der Waals surface area contributed by atoms with Gasteiger partial charge < -0.3 is 5.32 Å². The highest BCUT2D eigenvalue weighted by atomic mass is 35.5. The first-order valence-corrected chi connectivity index (χ1v) is 8.18. The van der Waals surface area contributed by atoms with Crippen molar-refractivity contribution in [2.45, 2.75) is 44.6 Å². The Balaban J connectivity index is 1.62. The average molecular weight is 300 g/mol. The summed E-state index contributed by atoms with van der Waals surface area (Å²) in [6.07, 6.45) is 4.94. The van der Waals surface area contributed by atoms with Crippen LogP contribution in [0.2, 0.25) is 5.02 Å². The molecule has 21 heavy (non-hydrogen) atoms. The van der Waals surface area contributed by atoms with Gasteiger partial charge in [0.1, 0.15) is 0 Å². The quantitative estimate of drug-likeness (QED) is 0.756. The maximum atomic E-state index is 6.31. The fourth-order valence-electron chi connectivity index (χ4n) is 3.32. The molecule has 110 valence electrons. The zero-order valence-electron chi connectivity index (χ0n) is 12.5. The Kier molecular flexibility index (Phi) is 4.50. The molecule has 1 aliphatic carbocycles. The van der Waals surface area contributed by atoms with Crippen molar-refractivity contribution in [3.05, 3.63) is 64.7 Å².